The maximum absolute atomic E-state index is 10.4. The predicted octanol–water partition coefficient (Wildman–Crippen LogP) is 2.47. The van der Waals surface area contributed by atoms with E-state index in [4.69, 9.17) is 11.6 Å². The average Bonchev–Trinajstić information content (AvgIpc) is 1.85. The molecule has 0 radical (unpaired) electrons. The summed E-state index contributed by atoms with van der Waals surface area (Å²) in [5.74, 6) is -0.356. The fourth-order valence-electron chi connectivity index (χ4n) is 0.534. The maximum atomic E-state index is 10.4. The summed E-state index contributed by atoms with van der Waals surface area (Å²) in [6, 6.07) is 0. The zero-order valence-corrected chi connectivity index (χ0v) is 7.81. The normalized spacial score (nSPS) is 14.4. The van der Waals surface area contributed by atoms with Crippen LogP contribution in [0.1, 0.15) is 27.2 Å². The fourth-order valence-corrected chi connectivity index (χ4v) is 0.875. The molecular formula is C8H13ClO2. The smallest absolute Gasteiger partial charge is 0.304 e. The molecule has 0 spiro atoms. The summed E-state index contributed by atoms with van der Waals surface area (Å²) in [5, 5.41) is 0. The van der Waals surface area contributed by atoms with Crippen molar-refractivity contribution >= 4 is 17.6 Å². The molecule has 1 unspecified atom stereocenters. The Bertz CT molecular complexity index is 163. The maximum Gasteiger partial charge on any atom is 0.304 e. The second kappa shape index (κ2) is 5.19. The Morgan fingerprint density at radius 3 is 2.55 bits per heavy atom. The molecule has 0 amide bonds. The van der Waals surface area contributed by atoms with Crippen molar-refractivity contribution in [3.63, 3.8) is 0 Å². The van der Waals surface area contributed by atoms with Gasteiger partial charge in [0.1, 0.15) is 0 Å². The molecule has 0 rings (SSSR count). The van der Waals surface area contributed by atoms with E-state index in [1.54, 1.807) is 6.08 Å². The van der Waals surface area contributed by atoms with Crippen LogP contribution in [0.15, 0.2) is 11.6 Å². The van der Waals surface area contributed by atoms with Gasteiger partial charge in [0.15, 0.2) is 5.56 Å². The highest BCUT2D eigenvalue weighted by molar-refractivity contribution is 6.21. The number of halogens is 1. The first-order valence-corrected chi connectivity index (χ1v) is 3.98. The zero-order chi connectivity index (χ0) is 8.85. The van der Waals surface area contributed by atoms with Crippen molar-refractivity contribution in [2.24, 2.45) is 0 Å². The molecular weight excluding hydrogens is 164 g/mol. The van der Waals surface area contributed by atoms with Crippen LogP contribution in [0, 0.1) is 0 Å². The number of ether oxygens (including phenoxy) is 1. The van der Waals surface area contributed by atoms with Crippen LogP contribution in [-0.4, -0.2) is 11.5 Å². The van der Waals surface area contributed by atoms with Crippen LogP contribution in [0.5, 0.6) is 0 Å². The second-order valence-corrected chi connectivity index (χ2v) is 2.76. The van der Waals surface area contributed by atoms with E-state index in [2.05, 4.69) is 4.74 Å². The third-order valence-corrected chi connectivity index (χ3v) is 1.47. The van der Waals surface area contributed by atoms with E-state index >= 15 is 0 Å². The van der Waals surface area contributed by atoms with E-state index in [0.717, 1.165) is 12.0 Å². The molecule has 0 aromatic heterocycles. The first kappa shape index (κ1) is 10.5. The molecule has 1 atom stereocenters. The van der Waals surface area contributed by atoms with Crippen molar-refractivity contribution in [3.05, 3.63) is 11.6 Å². The minimum absolute atomic E-state index is 0.356. The number of hydrogen-bond donors (Lipinski definition) is 0. The summed E-state index contributed by atoms with van der Waals surface area (Å²) in [5.41, 5.74) is 0.499. The largest absolute Gasteiger partial charge is 0.442 e. The molecule has 0 heterocycles. The molecule has 0 aliphatic rings. The molecule has 11 heavy (non-hydrogen) atoms. The van der Waals surface area contributed by atoms with Gasteiger partial charge in [-0.15, -0.1) is 0 Å². The van der Waals surface area contributed by atoms with Crippen LogP contribution >= 0.6 is 11.6 Å². The van der Waals surface area contributed by atoms with Gasteiger partial charge in [-0.3, -0.25) is 4.79 Å². The van der Waals surface area contributed by atoms with Crippen molar-refractivity contribution in [3.8, 4) is 0 Å². The van der Waals surface area contributed by atoms with E-state index in [1.807, 2.05) is 13.8 Å². The lowest BCUT2D eigenvalue weighted by molar-refractivity contribution is -0.141. The first-order chi connectivity index (χ1) is 5.06. The SMILES string of the molecule is CCC(C)=CC(Cl)OC(C)=O. The van der Waals surface area contributed by atoms with Crippen LogP contribution in [0.25, 0.3) is 0 Å². The molecule has 0 N–H and O–H groups in total. The quantitative estimate of drug-likeness (QED) is 0.375. The number of allylic oxidation sites excluding steroid dienone is 1. The fraction of sp³-hybridized carbons (Fsp3) is 0.625. The number of rotatable bonds is 3. The van der Waals surface area contributed by atoms with Crippen molar-refractivity contribution in [1.82, 2.24) is 0 Å². The molecule has 64 valence electrons. The van der Waals surface area contributed by atoms with Crippen molar-refractivity contribution in [2.75, 3.05) is 0 Å². The second-order valence-electron chi connectivity index (χ2n) is 2.33. The van der Waals surface area contributed by atoms with E-state index in [9.17, 15) is 4.79 Å². The Morgan fingerprint density at radius 1 is 1.64 bits per heavy atom. The molecule has 0 aromatic carbocycles. The molecule has 3 heteroatoms. The number of esters is 1. The minimum Gasteiger partial charge on any atom is -0.442 e. The Labute approximate surface area is 72.2 Å². The summed E-state index contributed by atoms with van der Waals surface area (Å²) < 4.78 is 4.67. The van der Waals surface area contributed by atoms with Crippen LogP contribution < -0.4 is 0 Å². The van der Waals surface area contributed by atoms with Gasteiger partial charge in [-0.05, 0) is 19.4 Å². The highest BCUT2D eigenvalue weighted by atomic mass is 35.5. The van der Waals surface area contributed by atoms with Crippen LogP contribution in [0.4, 0.5) is 0 Å². The van der Waals surface area contributed by atoms with E-state index in [0.29, 0.717) is 0 Å². The van der Waals surface area contributed by atoms with Gasteiger partial charge in [0, 0.05) is 6.92 Å². The number of alkyl halides is 1. The topological polar surface area (TPSA) is 26.3 Å². The summed E-state index contributed by atoms with van der Waals surface area (Å²) in [6.07, 6.45) is 2.65. The molecule has 2 nitrogen and oxygen atoms in total. The Balaban J connectivity index is 3.85. The van der Waals surface area contributed by atoms with Gasteiger partial charge in [0.05, 0.1) is 0 Å². The monoisotopic (exact) mass is 176 g/mol. The number of hydrogen-bond acceptors (Lipinski definition) is 2. The number of carbonyl (C=O) groups is 1. The molecule has 0 fully saturated rings. The standard InChI is InChI=1S/C8H13ClO2/c1-4-6(2)5-8(9)11-7(3)10/h5,8H,4H2,1-3H3. The van der Waals surface area contributed by atoms with Crippen molar-refractivity contribution < 1.29 is 9.53 Å². The molecule has 0 aromatic rings. The highest BCUT2D eigenvalue weighted by Crippen LogP contribution is 2.07. The Hall–Kier alpha value is -0.500. The summed E-state index contributed by atoms with van der Waals surface area (Å²) >= 11 is 5.63. The minimum atomic E-state index is -0.618. The van der Waals surface area contributed by atoms with Crippen LogP contribution in [0.3, 0.4) is 0 Å². The summed E-state index contributed by atoms with van der Waals surface area (Å²) in [7, 11) is 0. The Kier molecular flexibility index (Phi) is 4.95. The van der Waals surface area contributed by atoms with E-state index in [-0.39, 0.29) is 5.97 Å². The lowest BCUT2D eigenvalue weighted by atomic mass is 10.2. The Morgan fingerprint density at radius 2 is 2.18 bits per heavy atom. The van der Waals surface area contributed by atoms with Crippen LogP contribution in [0.2, 0.25) is 0 Å². The highest BCUT2D eigenvalue weighted by Gasteiger charge is 2.02. The van der Waals surface area contributed by atoms with Gasteiger partial charge in [-0.25, -0.2) is 0 Å². The van der Waals surface area contributed by atoms with Gasteiger partial charge in [0.25, 0.3) is 0 Å². The van der Waals surface area contributed by atoms with Gasteiger partial charge >= 0.3 is 5.97 Å². The molecule has 0 saturated heterocycles. The summed E-state index contributed by atoms with van der Waals surface area (Å²) in [4.78, 5) is 10.4. The predicted molar refractivity (Wildman–Crippen MR) is 45.5 cm³/mol. The molecule has 0 aliphatic carbocycles. The molecule has 0 aliphatic heterocycles. The number of carbonyl (C=O) groups excluding carboxylic acids is 1. The van der Waals surface area contributed by atoms with Gasteiger partial charge in [-0.2, -0.15) is 0 Å². The summed E-state index contributed by atoms with van der Waals surface area (Å²) in [6.45, 7) is 5.30. The first-order valence-electron chi connectivity index (χ1n) is 3.54. The average molecular weight is 177 g/mol. The third kappa shape index (κ3) is 5.92. The van der Waals surface area contributed by atoms with Crippen LogP contribution in [-0.2, 0) is 9.53 Å². The van der Waals surface area contributed by atoms with E-state index in [1.165, 1.54) is 6.92 Å². The molecule has 0 bridgehead atoms. The zero-order valence-electron chi connectivity index (χ0n) is 7.06. The lowest BCUT2D eigenvalue weighted by Gasteiger charge is -2.05. The van der Waals surface area contributed by atoms with Crippen molar-refractivity contribution in [1.29, 1.82) is 0 Å². The molecule has 0 saturated carbocycles. The van der Waals surface area contributed by atoms with Gasteiger partial charge in [-0.1, -0.05) is 24.1 Å². The third-order valence-electron chi connectivity index (χ3n) is 1.25. The van der Waals surface area contributed by atoms with Gasteiger partial charge < -0.3 is 4.74 Å². The van der Waals surface area contributed by atoms with Gasteiger partial charge in [0.2, 0.25) is 0 Å². The lowest BCUT2D eigenvalue weighted by Crippen LogP contribution is -2.06. The van der Waals surface area contributed by atoms with E-state index < -0.39 is 5.56 Å². The van der Waals surface area contributed by atoms with Crippen molar-refractivity contribution in [2.45, 2.75) is 32.8 Å².